The molecule has 0 radical (unpaired) electrons. The third-order valence-corrected chi connectivity index (χ3v) is 6.81. The smallest absolute Gasteiger partial charge is 0.363 e. The van der Waals surface area contributed by atoms with Gasteiger partial charge in [0.15, 0.2) is 6.04 Å². The van der Waals surface area contributed by atoms with Gasteiger partial charge in [-0.1, -0.05) is 91.9 Å². The van der Waals surface area contributed by atoms with E-state index in [9.17, 15) is 18.0 Å². The van der Waals surface area contributed by atoms with E-state index in [1.807, 2.05) is 91.9 Å². The summed E-state index contributed by atoms with van der Waals surface area (Å²) in [4.78, 5) is 13.5. The number of amides is 1. The number of nitrogens with one attached hydrogen (secondary N) is 2. The number of alkyl halides is 3. The number of aromatic nitrogens is 2. The van der Waals surface area contributed by atoms with Gasteiger partial charge in [-0.15, -0.1) is 0 Å². The molecule has 1 aromatic heterocycles. The third kappa shape index (κ3) is 5.09. The number of carbonyl (C=O) groups excluding carboxylic acids is 1. The van der Waals surface area contributed by atoms with Gasteiger partial charge in [0.2, 0.25) is 0 Å². The normalized spacial score (nSPS) is 17.2. The highest BCUT2D eigenvalue weighted by atomic mass is 19.4. The van der Waals surface area contributed by atoms with Crippen LogP contribution in [0.2, 0.25) is 0 Å². The van der Waals surface area contributed by atoms with Crippen LogP contribution in [0.5, 0.6) is 0 Å². The van der Waals surface area contributed by atoms with Crippen LogP contribution in [0.1, 0.15) is 64.1 Å². The number of nitrogens with zero attached hydrogens (tertiary/aromatic N) is 2. The van der Waals surface area contributed by atoms with Gasteiger partial charge in [-0.05, 0) is 28.7 Å². The van der Waals surface area contributed by atoms with Crippen molar-refractivity contribution in [2.75, 3.05) is 5.32 Å². The van der Waals surface area contributed by atoms with E-state index >= 15 is 0 Å². The zero-order chi connectivity index (χ0) is 26.0. The molecule has 0 spiro atoms. The minimum atomic E-state index is -4.52. The fourth-order valence-corrected chi connectivity index (χ4v) is 4.79. The average Bonchev–Trinajstić information content (AvgIpc) is 3.35. The molecule has 190 valence electrons. The molecule has 2 atom stereocenters. The summed E-state index contributed by atoms with van der Waals surface area (Å²) in [5.41, 5.74) is 3.62. The van der Waals surface area contributed by atoms with E-state index in [4.69, 9.17) is 0 Å². The van der Waals surface area contributed by atoms with Gasteiger partial charge < -0.3 is 10.6 Å². The van der Waals surface area contributed by atoms with E-state index in [0.717, 1.165) is 33.4 Å². The lowest BCUT2D eigenvalue weighted by Gasteiger charge is -2.34. The number of anilines is 1. The van der Waals surface area contributed by atoms with Crippen LogP contribution in [0.15, 0.2) is 91.1 Å². The molecule has 8 heteroatoms. The van der Waals surface area contributed by atoms with Crippen LogP contribution in [-0.2, 0) is 6.42 Å². The lowest BCUT2D eigenvalue weighted by Crippen LogP contribution is -2.37. The van der Waals surface area contributed by atoms with E-state index < -0.39 is 30.2 Å². The number of aryl methyl sites for hydroxylation is 1. The highest BCUT2D eigenvalue weighted by Gasteiger charge is 2.47. The molecule has 0 saturated carbocycles. The first kappa shape index (κ1) is 24.6. The first-order valence-corrected chi connectivity index (χ1v) is 12.3. The molecule has 1 aliphatic rings. The summed E-state index contributed by atoms with van der Waals surface area (Å²) in [6.45, 7) is 2.02. The van der Waals surface area contributed by atoms with Gasteiger partial charge in [-0.25, -0.2) is 4.68 Å². The Morgan fingerprint density at radius 1 is 1.00 bits per heavy atom. The molecule has 0 aliphatic carbocycles. The monoisotopic (exact) mass is 504 g/mol. The summed E-state index contributed by atoms with van der Waals surface area (Å²) in [5, 5.41) is 10.2. The molecule has 1 amide bonds. The zero-order valence-electron chi connectivity index (χ0n) is 20.2. The van der Waals surface area contributed by atoms with E-state index in [1.165, 1.54) is 6.20 Å². The van der Waals surface area contributed by atoms with Crippen molar-refractivity contribution in [1.82, 2.24) is 15.1 Å². The van der Waals surface area contributed by atoms with E-state index in [0.29, 0.717) is 0 Å². The first-order valence-electron chi connectivity index (χ1n) is 12.3. The van der Waals surface area contributed by atoms with Crippen molar-refractivity contribution in [2.45, 2.75) is 44.1 Å². The van der Waals surface area contributed by atoms with Crippen molar-refractivity contribution in [2.24, 2.45) is 0 Å². The standard InChI is InChI=1S/C29H27F3N4O/c1-2-19-13-15-20(16-14-19)24-17-25(29(30,31)32)36-27(34-24)23(18-33-36)28(37)35-26(21-9-5-3-6-10-21)22-11-7-4-8-12-22/h3-16,18,24-26,34H,2,17H2,1H3,(H,35,37). The molecule has 3 aromatic carbocycles. The number of carbonyl (C=O) groups is 1. The van der Waals surface area contributed by atoms with Gasteiger partial charge >= 0.3 is 6.18 Å². The largest absolute Gasteiger partial charge is 0.410 e. The molecule has 2 N–H and O–H groups in total. The number of hydrogen-bond acceptors (Lipinski definition) is 3. The summed E-state index contributed by atoms with van der Waals surface area (Å²) >= 11 is 0. The third-order valence-electron chi connectivity index (χ3n) is 6.81. The van der Waals surface area contributed by atoms with Crippen LogP contribution in [0.3, 0.4) is 0 Å². The molecule has 5 nitrogen and oxygen atoms in total. The topological polar surface area (TPSA) is 59.0 Å². The highest BCUT2D eigenvalue weighted by molar-refractivity contribution is 5.99. The van der Waals surface area contributed by atoms with E-state index in [1.54, 1.807) is 0 Å². The number of fused-ring (bicyclic) bond motifs is 1. The average molecular weight is 505 g/mol. The van der Waals surface area contributed by atoms with Gasteiger partial charge in [0.25, 0.3) is 5.91 Å². The predicted octanol–water partition coefficient (Wildman–Crippen LogP) is 6.63. The second kappa shape index (κ2) is 10.1. The van der Waals surface area contributed by atoms with Crippen LogP contribution in [0.25, 0.3) is 0 Å². The Kier molecular flexibility index (Phi) is 6.74. The molecule has 0 bridgehead atoms. The molecule has 0 saturated heterocycles. The van der Waals surface area contributed by atoms with Crippen molar-refractivity contribution in [3.63, 3.8) is 0 Å². The van der Waals surface area contributed by atoms with E-state index in [2.05, 4.69) is 15.7 Å². The molecular weight excluding hydrogens is 477 g/mol. The summed E-state index contributed by atoms with van der Waals surface area (Å²) in [7, 11) is 0. The molecule has 5 rings (SSSR count). The number of hydrogen-bond donors (Lipinski definition) is 2. The van der Waals surface area contributed by atoms with Gasteiger partial charge in [0.05, 0.1) is 18.3 Å². The first-order chi connectivity index (χ1) is 17.8. The van der Waals surface area contributed by atoms with Crippen LogP contribution in [0, 0.1) is 0 Å². The Bertz CT molecular complexity index is 1310. The summed E-state index contributed by atoms with van der Waals surface area (Å²) < 4.78 is 43.2. The number of halogens is 3. The maximum atomic E-state index is 14.1. The van der Waals surface area contributed by atoms with Crippen LogP contribution in [-0.4, -0.2) is 21.9 Å². The minimum Gasteiger partial charge on any atom is -0.363 e. The lowest BCUT2D eigenvalue weighted by atomic mass is 9.95. The molecule has 2 unspecified atom stereocenters. The molecule has 4 aromatic rings. The maximum absolute atomic E-state index is 14.1. The summed E-state index contributed by atoms with van der Waals surface area (Å²) in [6.07, 6.45) is -2.69. The minimum absolute atomic E-state index is 0.0653. The van der Waals surface area contributed by atoms with Crippen molar-refractivity contribution in [3.8, 4) is 0 Å². The molecule has 37 heavy (non-hydrogen) atoms. The van der Waals surface area contributed by atoms with Gasteiger partial charge in [-0.3, -0.25) is 4.79 Å². The molecule has 1 aliphatic heterocycles. The van der Waals surface area contributed by atoms with Crippen molar-refractivity contribution < 1.29 is 18.0 Å². The molecule has 2 heterocycles. The SMILES string of the molecule is CCc1ccc(C2CC(C(F)(F)F)n3ncc(C(=O)NC(c4ccccc4)c4ccccc4)c3N2)cc1. The Balaban J connectivity index is 1.49. The zero-order valence-corrected chi connectivity index (χ0v) is 20.2. The number of rotatable bonds is 6. The predicted molar refractivity (Wildman–Crippen MR) is 136 cm³/mol. The fraction of sp³-hybridized carbons (Fsp3) is 0.241. The summed E-state index contributed by atoms with van der Waals surface area (Å²) in [5.74, 6) is -0.440. The van der Waals surface area contributed by atoms with Crippen molar-refractivity contribution >= 4 is 11.7 Å². The Hall–Kier alpha value is -4.07. The van der Waals surface area contributed by atoms with Gasteiger partial charge in [0.1, 0.15) is 11.4 Å². The van der Waals surface area contributed by atoms with Gasteiger partial charge in [-0.2, -0.15) is 18.3 Å². The quantitative estimate of drug-likeness (QED) is 0.310. The van der Waals surface area contributed by atoms with Crippen molar-refractivity contribution in [3.05, 3.63) is 119 Å². The van der Waals surface area contributed by atoms with Crippen LogP contribution in [0.4, 0.5) is 19.0 Å². The second-order valence-electron chi connectivity index (χ2n) is 9.16. The van der Waals surface area contributed by atoms with Crippen LogP contribution < -0.4 is 10.6 Å². The van der Waals surface area contributed by atoms with Gasteiger partial charge in [0, 0.05) is 6.42 Å². The highest BCUT2D eigenvalue weighted by Crippen LogP contribution is 2.44. The van der Waals surface area contributed by atoms with Crippen LogP contribution >= 0.6 is 0 Å². The molecule has 0 fully saturated rings. The fourth-order valence-electron chi connectivity index (χ4n) is 4.79. The second-order valence-corrected chi connectivity index (χ2v) is 9.16. The summed E-state index contributed by atoms with van der Waals surface area (Å²) in [6, 6.07) is 23.5. The maximum Gasteiger partial charge on any atom is 0.410 e. The molecular formula is C29H27F3N4O. The van der Waals surface area contributed by atoms with Crippen molar-refractivity contribution in [1.29, 1.82) is 0 Å². The Morgan fingerprint density at radius 2 is 1.59 bits per heavy atom. The lowest BCUT2D eigenvalue weighted by molar-refractivity contribution is -0.173. The number of benzene rings is 3. The Morgan fingerprint density at radius 3 is 2.14 bits per heavy atom. The Labute approximate surface area is 213 Å². The van der Waals surface area contributed by atoms with E-state index in [-0.39, 0.29) is 17.8 Å².